The molecule has 1 atom stereocenters. The van der Waals surface area contributed by atoms with Crippen LogP contribution in [0.3, 0.4) is 0 Å². The Morgan fingerprint density at radius 3 is 2.96 bits per heavy atom. The molecular formula is C18H26ClN3O2. The van der Waals surface area contributed by atoms with Gasteiger partial charge in [0.25, 0.3) is 0 Å². The molecule has 3 rings (SSSR count). The number of benzene rings is 1. The summed E-state index contributed by atoms with van der Waals surface area (Å²) in [5.41, 5.74) is 0. The largest absolute Gasteiger partial charge is 0.487 e. The minimum atomic E-state index is 0.0227. The summed E-state index contributed by atoms with van der Waals surface area (Å²) in [5, 5.41) is 3.74. The zero-order valence-electron chi connectivity index (χ0n) is 14.2. The topological polar surface area (TPSA) is 44.8 Å². The Morgan fingerprint density at radius 1 is 1.38 bits per heavy atom. The van der Waals surface area contributed by atoms with Crippen LogP contribution in [0.1, 0.15) is 19.8 Å². The van der Waals surface area contributed by atoms with Gasteiger partial charge in [-0.15, -0.1) is 0 Å². The van der Waals surface area contributed by atoms with Crippen molar-refractivity contribution in [1.82, 2.24) is 15.1 Å². The maximum atomic E-state index is 12.2. The summed E-state index contributed by atoms with van der Waals surface area (Å²) in [4.78, 5) is 16.5. The van der Waals surface area contributed by atoms with Crippen LogP contribution in [0.2, 0.25) is 5.02 Å². The van der Waals surface area contributed by atoms with Crippen molar-refractivity contribution in [2.24, 2.45) is 5.92 Å². The smallest absolute Gasteiger partial charge is 0.317 e. The Labute approximate surface area is 148 Å². The number of hydrogen-bond donors (Lipinski definition) is 1. The van der Waals surface area contributed by atoms with Crippen LogP contribution < -0.4 is 10.1 Å². The second-order valence-corrected chi connectivity index (χ2v) is 7.13. The lowest BCUT2D eigenvalue weighted by molar-refractivity contribution is 0.0437. The first-order valence-corrected chi connectivity index (χ1v) is 9.19. The lowest BCUT2D eigenvalue weighted by Crippen LogP contribution is -2.59. The summed E-state index contributed by atoms with van der Waals surface area (Å²) in [6.45, 7) is 7.60. The second-order valence-electron chi connectivity index (χ2n) is 6.69. The molecule has 0 aliphatic carbocycles. The molecule has 2 amide bonds. The normalized spacial score (nSPS) is 22.1. The molecule has 1 aromatic carbocycles. The molecule has 6 heteroatoms. The Bertz CT molecular complexity index is 563. The highest BCUT2D eigenvalue weighted by atomic mass is 35.5. The predicted molar refractivity (Wildman–Crippen MR) is 95.7 cm³/mol. The molecule has 2 saturated heterocycles. The minimum Gasteiger partial charge on any atom is -0.487 e. The number of ether oxygens (including phenoxy) is 1. The standard InChI is InChI=1S/C18H26ClN3O2/c1-2-21-8-4-5-14(11-21)10-20-18(23)22-12-17(13-22)24-16-7-3-6-15(19)9-16/h3,6-7,9,14,17H,2,4-5,8,10-13H2,1H3,(H,20,23). The number of nitrogens with one attached hydrogen (secondary N) is 1. The van der Waals surface area contributed by atoms with Gasteiger partial charge in [0.05, 0.1) is 13.1 Å². The van der Waals surface area contributed by atoms with Crippen LogP contribution in [0.4, 0.5) is 4.79 Å². The Balaban J connectivity index is 1.36. The van der Waals surface area contributed by atoms with E-state index in [4.69, 9.17) is 16.3 Å². The van der Waals surface area contributed by atoms with Crippen molar-refractivity contribution in [3.05, 3.63) is 29.3 Å². The summed E-state index contributed by atoms with van der Waals surface area (Å²) in [7, 11) is 0. The fourth-order valence-electron chi connectivity index (χ4n) is 3.36. The first-order valence-electron chi connectivity index (χ1n) is 8.81. The van der Waals surface area contributed by atoms with E-state index in [2.05, 4.69) is 17.1 Å². The van der Waals surface area contributed by atoms with Gasteiger partial charge in [0.2, 0.25) is 0 Å². The van der Waals surface area contributed by atoms with Gasteiger partial charge >= 0.3 is 6.03 Å². The average Bonchev–Trinajstić information content (AvgIpc) is 2.56. The van der Waals surface area contributed by atoms with Crippen LogP contribution in [0.5, 0.6) is 5.75 Å². The van der Waals surface area contributed by atoms with Crippen molar-refractivity contribution in [1.29, 1.82) is 0 Å². The third-order valence-corrected chi connectivity index (χ3v) is 5.06. The third kappa shape index (κ3) is 4.54. The van der Waals surface area contributed by atoms with Crippen LogP contribution in [-0.4, -0.2) is 61.2 Å². The van der Waals surface area contributed by atoms with E-state index in [1.165, 1.54) is 19.4 Å². The lowest BCUT2D eigenvalue weighted by atomic mass is 9.98. The summed E-state index contributed by atoms with van der Waals surface area (Å²) in [6.07, 6.45) is 2.49. The molecule has 2 aliphatic heterocycles. The van der Waals surface area contributed by atoms with E-state index in [0.717, 1.165) is 25.4 Å². The number of halogens is 1. The summed E-state index contributed by atoms with van der Waals surface area (Å²) in [5.74, 6) is 1.33. The van der Waals surface area contributed by atoms with E-state index in [1.807, 2.05) is 18.2 Å². The van der Waals surface area contributed by atoms with Gasteiger partial charge in [0.1, 0.15) is 11.9 Å². The van der Waals surface area contributed by atoms with Crippen molar-refractivity contribution < 1.29 is 9.53 Å². The molecule has 2 aliphatic rings. The molecule has 1 unspecified atom stereocenters. The van der Waals surface area contributed by atoms with Crippen LogP contribution in [0.25, 0.3) is 0 Å². The van der Waals surface area contributed by atoms with Gasteiger partial charge in [-0.3, -0.25) is 0 Å². The van der Waals surface area contributed by atoms with Gasteiger partial charge in [0.15, 0.2) is 0 Å². The van der Waals surface area contributed by atoms with Gasteiger partial charge in [0, 0.05) is 18.1 Å². The Kier molecular flexibility index (Phi) is 5.85. The highest BCUT2D eigenvalue weighted by molar-refractivity contribution is 6.30. The van der Waals surface area contributed by atoms with Crippen LogP contribution >= 0.6 is 11.6 Å². The van der Waals surface area contributed by atoms with Gasteiger partial charge in [-0.1, -0.05) is 24.6 Å². The van der Waals surface area contributed by atoms with Gasteiger partial charge in [-0.05, 0) is 50.0 Å². The van der Waals surface area contributed by atoms with Gasteiger partial charge < -0.3 is 19.9 Å². The number of urea groups is 1. The molecule has 0 radical (unpaired) electrons. The Hall–Kier alpha value is -1.46. The fraction of sp³-hybridized carbons (Fsp3) is 0.611. The van der Waals surface area contributed by atoms with E-state index >= 15 is 0 Å². The molecule has 2 heterocycles. The summed E-state index contributed by atoms with van der Waals surface area (Å²) < 4.78 is 5.82. The van der Waals surface area contributed by atoms with Gasteiger partial charge in [-0.25, -0.2) is 4.79 Å². The molecule has 0 spiro atoms. The highest BCUT2D eigenvalue weighted by Gasteiger charge is 2.32. The van der Waals surface area contributed by atoms with E-state index < -0.39 is 0 Å². The van der Waals surface area contributed by atoms with Crippen LogP contribution in [0.15, 0.2) is 24.3 Å². The van der Waals surface area contributed by atoms with Crippen LogP contribution in [-0.2, 0) is 0 Å². The van der Waals surface area contributed by atoms with E-state index in [-0.39, 0.29) is 12.1 Å². The van der Waals surface area contributed by atoms with E-state index in [9.17, 15) is 4.79 Å². The van der Waals surface area contributed by atoms with Crippen molar-refractivity contribution >= 4 is 17.6 Å². The SMILES string of the molecule is CCN1CCCC(CNC(=O)N2CC(Oc3cccc(Cl)c3)C2)C1. The van der Waals surface area contributed by atoms with Crippen LogP contribution in [0, 0.1) is 5.92 Å². The van der Waals surface area contributed by atoms with E-state index in [0.29, 0.717) is 24.0 Å². The Morgan fingerprint density at radius 2 is 2.21 bits per heavy atom. The molecular weight excluding hydrogens is 326 g/mol. The number of amides is 2. The molecule has 0 bridgehead atoms. The molecule has 2 fully saturated rings. The number of nitrogens with zero attached hydrogens (tertiary/aromatic N) is 2. The maximum Gasteiger partial charge on any atom is 0.317 e. The number of piperidine rings is 1. The lowest BCUT2D eigenvalue weighted by Gasteiger charge is -2.39. The maximum absolute atomic E-state index is 12.2. The number of carbonyl (C=O) groups is 1. The van der Waals surface area contributed by atoms with Crippen molar-refractivity contribution in [2.75, 3.05) is 39.3 Å². The second kappa shape index (κ2) is 8.08. The van der Waals surface area contributed by atoms with Crippen molar-refractivity contribution in [3.8, 4) is 5.75 Å². The molecule has 132 valence electrons. The first-order chi connectivity index (χ1) is 11.6. The molecule has 0 aromatic heterocycles. The van der Waals surface area contributed by atoms with Crippen molar-refractivity contribution in [2.45, 2.75) is 25.9 Å². The zero-order valence-corrected chi connectivity index (χ0v) is 15.0. The average molecular weight is 352 g/mol. The predicted octanol–water partition coefficient (Wildman–Crippen LogP) is 2.84. The molecule has 5 nitrogen and oxygen atoms in total. The quantitative estimate of drug-likeness (QED) is 0.887. The number of likely N-dealkylation sites (tertiary alicyclic amines) is 2. The monoisotopic (exact) mass is 351 g/mol. The molecule has 1 N–H and O–H groups in total. The first kappa shape index (κ1) is 17.4. The minimum absolute atomic E-state index is 0.0227. The molecule has 0 saturated carbocycles. The fourth-order valence-corrected chi connectivity index (χ4v) is 3.54. The summed E-state index contributed by atoms with van der Waals surface area (Å²) in [6, 6.07) is 7.39. The summed E-state index contributed by atoms with van der Waals surface area (Å²) >= 11 is 5.95. The number of carbonyl (C=O) groups excluding carboxylic acids is 1. The van der Waals surface area contributed by atoms with E-state index in [1.54, 1.807) is 11.0 Å². The number of hydrogen-bond acceptors (Lipinski definition) is 3. The third-order valence-electron chi connectivity index (χ3n) is 4.83. The number of rotatable bonds is 5. The molecule has 24 heavy (non-hydrogen) atoms. The van der Waals surface area contributed by atoms with Gasteiger partial charge in [-0.2, -0.15) is 0 Å². The highest BCUT2D eigenvalue weighted by Crippen LogP contribution is 2.22. The zero-order chi connectivity index (χ0) is 16.9. The van der Waals surface area contributed by atoms with Crippen molar-refractivity contribution in [3.63, 3.8) is 0 Å². The molecule has 1 aromatic rings.